The number of allylic oxidation sites excluding steroid dienone is 8. The third-order valence-corrected chi connectivity index (χ3v) is 10.3. The van der Waals surface area contributed by atoms with Gasteiger partial charge in [0.05, 0.1) is 0 Å². The lowest BCUT2D eigenvalue weighted by atomic mass is 9.50. The zero-order chi connectivity index (χ0) is 25.1. The van der Waals surface area contributed by atoms with Crippen molar-refractivity contribution >= 4 is 12.1 Å². The highest BCUT2D eigenvalue weighted by Gasteiger charge is 2.54. The Morgan fingerprint density at radius 3 is 2.28 bits per heavy atom. The number of Topliss-reactive ketones (excluding diaryl/α,β-unsaturated/α-hetero) is 1. The molecule has 0 amide bonds. The fourth-order valence-electron chi connectivity index (χ4n) is 8.36. The Bertz CT molecular complexity index is 1060. The van der Waals surface area contributed by atoms with Crippen molar-refractivity contribution in [2.24, 2.45) is 35.0 Å². The molecule has 1 N–H and O–H groups in total. The zero-order valence-corrected chi connectivity index (χ0v) is 20.8. The van der Waals surface area contributed by atoms with E-state index in [4.69, 9.17) is 0 Å². The molecule has 0 bridgehead atoms. The van der Waals surface area contributed by atoms with Gasteiger partial charge in [0.2, 0.25) is 0 Å². The smallest absolute Gasteiger partial charge is 0.362 e. The summed E-state index contributed by atoms with van der Waals surface area (Å²) in [6.07, 6.45) is 13.3. The maximum absolute atomic E-state index is 13.6. The minimum absolute atomic E-state index is 0.122. The molecule has 0 saturated heterocycles. The van der Waals surface area contributed by atoms with Gasteiger partial charge in [-0.15, -0.1) is 0 Å². The number of alkyl halides is 3. The molecule has 3 saturated carbocycles. The van der Waals surface area contributed by atoms with Gasteiger partial charge in [-0.25, -0.2) is 0 Å². The Balaban J connectivity index is 1.21. The Hall–Kier alpha value is -2.11. The second kappa shape index (κ2) is 9.02. The number of rotatable bonds is 4. The van der Waals surface area contributed by atoms with Crippen molar-refractivity contribution in [2.75, 3.05) is 0 Å². The predicted octanol–water partition coefficient (Wildman–Crippen LogP) is 7.12. The van der Waals surface area contributed by atoms with Crippen molar-refractivity contribution in [1.82, 2.24) is 5.32 Å². The Labute approximate surface area is 211 Å². The third-order valence-electron chi connectivity index (χ3n) is 10.3. The summed E-state index contributed by atoms with van der Waals surface area (Å²) < 4.78 is 40.3. The van der Waals surface area contributed by atoms with Gasteiger partial charge in [-0.05, 0) is 80.6 Å². The van der Waals surface area contributed by atoms with E-state index in [1.165, 1.54) is 63.1 Å². The van der Waals surface area contributed by atoms with Crippen molar-refractivity contribution in [1.29, 1.82) is 0 Å². The highest BCUT2D eigenvalue weighted by atomic mass is 19.4. The summed E-state index contributed by atoms with van der Waals surface area (Å²) in [5.41, 5.74) is 2.64. The first kappa shape index (κ1) is 24.2. The molecule has 6 heteroatoms. The SMILES string of the molecule is O=CC1=CC=C(C(F)(F)F)CC12CC(C1CC(=O)C3=C(C1)NC(C1CCCC1)=CC3C1CCCC1)C2. The summed E-state index contributed by atoms with van der Waals surface area (Å²) in [5.74, 6) is 1.87. The first-order valence-electron chi connectivity index (χ1n) is 14.0. The number of nitrogens with one attached hydrogen (secondary N) is 1. The largest absolute Gasteiger partial charge is 0.412 e. The maximum atomic E-state index is 13.6. The summed E-state index contributed by atoms with van der Waals surface area (Å²) in [7, 11) is 0. The van der Waals surface area contributed by atoms with Gasteiger partial charge in [-0.1, -0.05) is 43.9 Å². The minimum Gasteiger partial charge on any atom is -0.362 e. The molecular weight excluding hydrogens is 463 g/mol. The monoisotopic (exact) mass is 499 g/mol. The Morgan fingerprint density at radius 1 is 0.917 bits per heavy atom. The number of hydrogen-bond acceptors (Lipinski definition) is 3. The van der Waals surface area contributed by atoms with E-state index in [-0.39, 0.29) is 30.0 Å². The van der Waals surface area contributed by atoms with Gasteiger partial charge in [0.15, 0.2) is 5.78 Å². The molecule has 2 unspecified atom stereocenters. The molecule has 3 nitrogen and oxygen atoms in total. The molecule has 5 aliphatic carbocycles. The van der Waals surface area contributed by atoms with Gasteiger partial charge in [0, 0.05) is 40.3 Å². The first-order chi connectivity index (χ1) is 17.3. The van der Waals surface area contributed by atoms with Gasteiger partial charge in [0.25, 0.3) is 0 Å². The summed E-state index contributed by atoms with van der Waals surface area (Å²) in [6.45, 7) is 0. The second-order valence-electron chi connectivity index (χ2n) is 12.3. The van der Waals surface area contributed by atoms with Gasteiger partial charge in [0.1, 0.15) is 6.29 Å². The fraction of sp³-hybridized carbons (Fsp3) is 0.667. The average Bonchev–Trinajstić information content (AvgIpc) is 3.55. The molecule has 2 atom stereocenters. The van der Waals surface area contributed by atoms with Gasteiger partial charge in [-0.2, -0.15) is 13.2 Å². The highest BCUT2D eigenvalue weighted by molar-refractivity contribution is 5.98. The standard InChI is InChI=1S/C30H36F3NO2/c31-30(32,33)22-9-10-23(17-35)29(16-22)14-21(15-29)20-11-26-28(27(36)12-20)24(18-5-1-2-6-18)13-25(34-26)19-7-3-4-8-19/h9-10,13,17-21,24,34H,1-8,11-12,14-16H2. The van der Waals surface area contributed by atoms with Crippen LogP contribution < -0.4 is 5.32 Å². The molecule has 194 valence electrons. The van der Waals surface area contributed by atoms with Crippen LogP contribution >= 0.6 is 0 Å². The van der Waals surface area contributed by atoms with Crippen LogP contribution in [-0.2, 0) is 9.59 Å². The number of halogens is 3. The van der Waals surface area contributed by atoms with Gasteiger partial charge >= 0.3 is 6.18 Å². The number of carbonyl (C=O) groups is 2. The van der Waals surface area contributed by atoms with Crippen molar-refractivity contribution in [2.45, 2.75) is 89.6 Å². The van der Waals surface area contributed by atoms with E-state index >= 15 is 0 Å². The van der Waals surface area contributed by atoms with Crippen molar-refractivity contribution in [3.05, 3.63) is 46.3 Å². The Morgan fingerprint density at radius 2 is 1.61 bits per heavy atom. The lowest BCUT2D eigenvalue weighted by molar-refractivity contribution is -0.120. The van der Waals surface area contributed by atoms with Crippen LogP contribution in [0, 0.1) is 35.0 Å². The lowest BCUT2D eigenvalue weighted by Gasteiger charge is -2.53. The normalized spacial score (nSPS) is 35.7. The third kappa shape index (κ3) is 4.12. The van der Waals surface area contributed by atoms with Crippen LogP contribution in [0.3, 0.4) is 0 Å². The van der Waals surface area contributed by atoms with Crippen LogP contribution in [0.4, 0.5) is 13.2 Å². The van der Waals surface area contributed by atoms with E-state index in [0.29, 0.717) is 36.7 Å². The second-order valence-corrected chi connectivity index (χ2v) is 12.3. The number of ketones is 1. The molecule has 0 aromatic carbocycles. The van der Waals surface area contributed by atoms with Crippen LogP contribution in [0.15, 0.2) is 46.3 Å². The topological polar surface area (TPSA) is 46.2 Å². The van der Waals surface area contributed by atoms with E-state index < -0.39 is 17.2 Å². The number of aldehydes is 1. The van der Waals surface area contributed by atoms with Crippen molar-refractivity contribution in [3.63, 3.8) is 0 Å². The van der Waals surface area contributed by atoms with Crippen LogP contribution in [0.5, 0.6) is 0 Å². The minimum atomic E-state index is -4.37. The highest BCUT2D eigenvalue weighted by Crippen LogP contribution is 2.61. The molecule has 1 heterocycles. The first-order valence-corrected chi connectivity index (χ1v) is 14.0. The van der Waals surface area contributed by atoms with E-state index in [9.17, 15) is 22.8 Å². The van der Waals surface area contributed by atoms with E-state index in [0.717, 1.165) is 30.1 Å². The molecule has 6 rings (SSSR count). The molecule has 0 radical (unpaired) electrons. The van der Waals surface area contributed by atoms with Gasteiger partial charge < -0.3 is 5.32 Å². The summed E-state index contributed by atoms with van der Waals surface area (Å²) in [4.78, 5) is 25.3. The number of hydrogen-bond donors (Lipinski definition) is 1. The van der Waals surface area contributed by atoms with Crippen LogP contribution in [-0.4, -0.2) is 18.2 Å². The molecule has 3 fully saturated rings. The zero-order valence-electron chi connectivity index (χ0n) is 20.8. The molecule has 1 aliphatic heterocycles. The van der Waals surface area contributed by atoms with Crippen LogP contribution in [0.25, 0.3) is 0 Å². The summed E-state index contributed by atoms with van der Waals surface area (Å²) in [6, 6.07) is 0. The predicted molar refractivity (Wildman–Crippen MR) is 131 cm³/mol. The van der Waals surface area contributed by atoms with E-state index in [1.54, 1.807) is 0 Å². The molecule has 0 aromatic rings. The number of carbonyl (C=O) groups excluding carboxylic acids is 2. The molecule has 36 heavy (non-hydrogen) atoms. The Kier molecular flexibility index (Phi) is 6.07. The van der Waals surface area contributed by atoms with Gasteiger partial charge in [-0.3, -0.25) is 9.59 Å². The maximum Gasteiger partial charge on any atom is 0.412 e. The quantitative estimate of drug-likeness (QED) is 0.419. The van der Waals surface area contributed by atoms with Crippen molar-refractivity contribution in [3.8, 4) is 0 Å². The van der Waals surface area contributed by atoms with E-state index in [2.05, 4.69) is 11.4 Å². The van der Waals surface area contributed by atoms with Crippen LogP contribution in [0.2, 0.25) is 0 Å². The fourth-order valence-corrected chi connectivity index (χ4v) is 8.36. The van der Waals surface area contributed by atoms with E-state index in [1.807, 2.05) is 0 Å². The number of dihydropyridines is 1. The molecular formula is C30H36F3NO2. The van der Waals surface area contributed by atoms with Crippen molar-refractivity contribution < 1.29 is 22.8 Å². The summed E-state index contributed by atoms with van der Waals surface area (Å²) in [5, 5.41) is 3.73. The molecule has 6 aliphatic rings. The molecule has 0 aromatic heterocycles. The van der Waals surface area contributed by atoms with Crippen LogP contribution in [0.1, 0.15) is 83.5 Å². The average molecular weight is 500 g/mol. The molecule has 1 spiro atoms. The summed E-state index contributed by atoms with van der Waals surface area (Å²) >= 11 is 0. The lowest BCUT2D eigenvalue weighted by Crippen LogP contribution is -2.47.